The fourth-order valence-corrected chi connectivity index (χ4v) is 2.34. The lowest BCUT2D eigenvalue weighted by Gasteiger charge is -2.12. The molecule has 2 aromatic rings. The second-order valence-corrected chi connectivity index (χ2v) is 5.42. The molecule has 0 saturated heterocycles. The highest BCUT2D eigenvalue weighted by Crippen LogP contribution is 2.38. The van der Waals surface area contributed by atoms with Gasteiger partial charge in [-0.3, -0.25) is 10.1 Å². The first kappa shape index (κ1) is 19.3. The molecule has 0 radical (unpaired) electrons. The lowest BCUT2D eigenvalue weighted by atomic mass is 10.2. The average molecular weight is 386 g/mol. The molecule has 0 saturated carbocycles. The predicted octanol–water partition coefficient (Wildman–Crippen LogP) is 5.38. The van der Waals surface area contributed by atoms with E-state index >= 15 is 0 Å². The molecule has 10 heteroatoms. The van der Waals surface area contributed by atoms with Gasteiger partial charge in [0.25, 0.3) is 5.69 Å². The number of nitriles is 1. The summed E-state index contributed by atoms with van der Waals surface area (Å²) < 4.78 is 43.6. The molecule has 0 aromatic heterocycles. The Morgan fingerprint density at radius 1 is 1.23 bits per heavy atom. The van der Waals surface area contributed by atoms with Crippen molar-refractivity contribution in [3.63, 3.8) is 0 Å². The van der Waals surface area contributed by atoms with Crippen LogP contribution in [0.25, 0.3) is 0 Å². The summed E-state index contributed by atoms with van der Waals surface area (Å²) in [4.78, 5) is 10.4. The second kappa shape index (κ2) is 7.93. The fraction of sp³-hybridized carbons (Fsp3) is 0.188. The van der Waals surface area contributed by atoms with Crippen molar-refractivity contribution in [2.24, 2.45) is 0 Å². The maximum Gasteiger partial charge on any atom is 0.417 e. The van der Waals surface area contributed by atoms with Gasteiger partial charge in [-0.25, -0.2) is 0 Å². The molecule has 0 spiro atoms. The predicted molar refractivity (Wildman–Crippen MR) is 88.3 cm³/mol. The van der Waals surface area contributed by atoms with Crippen LogP contribution >= 0.6 is 11.6 Å². The number of hydrogen-bond acceptors (Lipinski definition) is 5. The molecular formula is C16H11ClF3N3O3. The van der Waals surface area contributed by atoms with Crippen LogP contribution in [0.2, 0.25) is 5.02 Å². The summed E-state index contributed by atoms with van der Waals surface area (Å²) in [5.74, 6) is 0.200. The minimum Gasteiger partial charge on any atom is -0.457 e. The van der Waals surface area contributed by atoms with Crippen molar-refractivity contribution in [3.05, 3.63) is 57.1 Å². The maximum atomic E-state index is 12.7. The van der Waals surface area contributed by atoms with Gasteiger partial charge in [0.1, 0.15) is 17.2 Å². The molecule has 0 amide bonds. The van der Waals surface area contributed by atoms with E-state index in [1.807, 2.05) is 6.07 Å². The third-order valence-corrected chi connectivity index (χ3v) is 3.51. The van der Waals surface area contributed by atoms with Crippen LogP contribution < -0.4 is 10.1 Å². The van der Waals surface area contributed by atoms with Crippen molar-refractivity contribution in [3.8, 4) is 17.6 Å². The highest BCUT2D eigenvalue weighted by molar-refractivity contribution is 6.31. The van der Waals surface area contributed by atoms with E-state index in [0.29, 0.717) is 0 Å². The molecule has 1 N–H and O–H groups in total. The first-order chi connectivity index (χ1) is 12.2. The molecule has 26 heavy (non-hydrogen) atoms. The van der Waals surface area contributed by atoms with E-state index in [1.165, 1.54) is 18.2 Å². The van der Waals surface area contributed by atoms with Gasteiger partial charge >= 0.3 is 6.18 Å². The maximum absolute atomic E-state index is 12.7. The van der Waals surface area contributed by atoms with Crippen LogP contribution in [-0.2, 0) is 6.18 Å². The number of alkyl halides is 3. The molecule has 6 nitrogen and oxygen atoms in total. The first-order valence-corrected chi connectivity index (χ1v) is 7.54. The Kier molecular flexibility index (Phi) is 5.90. The van der Waals surface area contributed by atoms with Gasteiger partial charge in [-0.05, 0) is 18.2 Å². The van der Waals surface area contributed by atoms with Crippen molar-refractivity contribution in [1.29, 1.82) is 5.26 Å². The molecule has 0 bridgehead atoms. The lowest BCUT2D eigenvalue weighted by Crippen LogP contribution is -2.05. The average Bonchev–Trinajstić information content (AvgIpc) is 2.54. The Labute approximate surface area is 150 Å². The van der Waals surface area contributed by atoms with E-state index in [2.05, 4.69) is 5.32 Å². The topological polar surface area (TPSA) is 88.2 Å². The van der Waals surface area contributed by atoms with Gasteiger partial charge in [0.15, 0.2) is 0 Å². The second-order valence-electron chi connectivity index (χ2n) is 5.01. The van der Waals surface area contributed by atoms with E-state index in [0.717, 1.165) is 18.2 Å². The number of rotatable bonds is 6. The molecule has 0 fully saturated rings. The number of benzene rings is 2. The normalized spacial score (nSPS) is 10.9. The minimum atomic E-state index is -4.58. The molecule has 0 atom stereocenters. The molecule has 0 aliphatic carbocycles. The zero-order valence-corrected chi connectivity index (χ0v) is 13.8. The largest absolute Gasteiger partial charge is 0.457 e. The fourth-order valence-electron chi connectivity index (χ4n) is 2.06. The number of ether oxygens (including phenoxy) is 1. The Balaban J connectivity index is 2.26. The van der Waals surface area contributed by atoms with Gasteiger partial charge in [-0.1, -0.05) is 11.6 Å². The number of anilines is 1. The molecule has 0 unspecified atom stereocenters. The summed E-state index contributed by atoms with van der Waals surface area (Å²) in [6, 6.07) is 8.60. The van der Waals surface area contributed by atoms with Crippen LogP contribution in [0.1, 0.15) is 12.0 Å². The van der Waals surface area contributed by atoms with Gasteiger partial charge < -0.3 is 10.1 Å². The molecule has 2 aromatic carbocycles. The van der Waals surface area contributed by atoms with E-state index in [4.69, 9.17) is 21.6 Å². The number of nitro groups is 1. The Hall–Kier alpha value is -2.99. The van der Waals surface area contributed by atoms with E-state index < -0.39 is 21.7 Å². The zero-order chi connectivity index (χ0) is 19.3. The summed E-state index contributed by atoms with van der Waals surface area (Å²) in [5, 5.41) is 21.8. The number of hydrogen-bond donors (Lipinski definition) is 1. The van der Waals surface area contributed by atoms with Crippen LogP contribution in [0.4, 0.5) is 24.5 Å². The highest BCUT2D eigenvalue weighted by atomic mass is 35.5. The van der Waals surface area contributed by atoms with Crippen molar-refractivity contribution in [1.82, 2.24) is 0 Å². The monoisotopic (exact) mass is 385 g/mol. The van der Waals surface area contributed by atoms with Crippen LogP contribution in [0.3, 0.4) is 0 Å². The molecule has 136 valence electrons. The third kappa shape index (κ3) is 4.77. The smallest absolute Gasteiger partial charge is 0.417 e. The van der Waals surface area contributed by atoms with Crippen LogP contribution in [0.5, 0.6) is 11.5 Å². The number of nitrogens with zero attached hydrogens (tertiary/aromatic N) is 2. The van der Waals surface area contributed by atoms with Crippen molar-refractivity contribution in [2.45, 2.75) is 12.6 Å². The van der Waals surface area contributed by atoms with Gasteiger partial charge in [-0.15, -0.1) is 0 Å². The Morgan fingerprint density at radius 3 is 2.46 bits per heavy atom. The number of halogens is 4. The van der Waals surface area contributed by atoms with Crippen molar-refractivity contribution in [2.75, 3.05) is 11.9 Å². The summed E-state index contributed by atoms with van der Waals surface area (Å²) in [7, 11) is 0. The molecule has 0 aliphatic rings. The zero-order valence-electron chi connectivity index (χ0n) is 13.0. The first-order valence-electron chi connectivity index (χ1n) is 7.16. The molecular weight excluding hydrogens is 375 g/mol. The number of nitrogens with one attached hydrogen (secondary N) is 1. The summed E-state index contributed by atoms with van der Waals surface area (Å²) in [5.41, 5.74) is -1.09. The van der Waals surface area contributed by atoms with Crippen LogP contribution in [0, 0.1) is 21.4 Å². The SMILES string of the molecule is N#CCCNc1cc(Oc2ccc(C(F)(F)F)c(Cl)c2)ccc1[N+](=O)[O-]. The van der Waals surface area contributed by atoms with Crippen LogP contribution in [0.15, 0.2) is 36.4 Å². The standard InChI is InChI=1S/C16H11ClF3N3O3/c17-13-8-10(2-4-12(13)16(18,19)20)26-11-3-5-15(23(24)25)14(9-11)22-7-1-6-21/h2-5,8-9,22H,1,7H2. The molecule has 0 heterocycles. The van der Waals surface area contributed by atoms with Gasteiger partial charge in [-0.2, -0.15) is 18.4 Å². The Bertz CT molecular complexity index is 866. The third-order valence-electron chi connectivity index (χ3n) is 3.20. The Morgan fingerprint density at radius 2 is 1.88 bits per heavy atom. The lowest BCUT2D eigenvalue weighted by molar-refractivity contribution is -0.384. The van der Waals surface area contributed by atoms with E-state index in [1.54, 1.807) is 0 Å². The van der Waals surface area contributed by atoms with Crippen molar-refractivity contribution >= 4 is 23.0 Å². The summed E-state index contributed by atoms with van der Waals surface area (Å²) in [6.07, 6.45) is -4.45. The number of nitro benzene ring substituents is 1. The van der Waals surface area contributed by atoms with Gasteiger partial charge in [0.05, 0.1) is 28.0 Å². The summed E-state index contributed by atoms with van der Waals surface area (Å²) >= 11 is 5.63. The molecule has 0 aliphatic heterocycles. The van der Waals surface area contributed by atoms with Gasteiger partial charge in [0, 0.05) is 24.7 Å². The van der Waals surface area contributed by atoms with Crippen LogP contribution in [-0.4, -0.2) is 11.5 Å². The van der Waals surface area contributed by atoms with E-state index in [-0.39, 0.29) is 35.8 Å². The van der Waals surface area contributed by atoms with Gasteiger partial charge in [0.2, 0.25) is 0 Å². The highest BCUT2D eigenvalue weighted by Gasteiger charge is 2.33. The minimum absolute atomic E-state index is 0.0415. The quantitative estimate of drug-likeness (QED) is 0.409. The molecule has 2 rings (SSSR count). The summed E-state index contributed by atoms with van der Waals surface area (Å²) in [6.45, 7) is 0.187. The van der Waals surface area contributed by atoms with Crippen molar-refractivity contribution < 1.29 is 22.8 Å². The van der Waals surface area contributed by atoms with E-state index in [9.17, 15) is 23.3 Å².